The monoisotopic (exact) mass is 308 g/mol. The van der Waals surface area contributed by atoms with E-state index >= 15 is 0 Å². The summed E-state index contributed by atoms with van der Waals surface area (Å²) in [7, 11) is 0. The van der Waals surface area contributed by atoms with Gasteiger partial charge in [-0.15, -0.1) is 0 Å². The Morgan fingerprint density at radius 2 is 1.68 bits per heavy atom. The predicted molar refractivity (Wildman–Crippen MR) is 76.2 cm³/mol. The second-order valence-electron chi connectivity index (χ2n) is 5.37. The molecule has 0 aliphatic carbocycles. The average molecular weight is 308 g/mol. The molecule has 22 heavy (non-hydrogen) atoms. The molecule has 0 fully saturated rings. The van der Waals surface area contributed by atoms with Crippen LogP contribution in [0.5, 0.6) is 0 Å². The number of nitrogens with zero attached hydrogens (tertiary/aromatic N) is 1. The van der Waals surface area contributed by atoms with Gasteiger partial charge in [0.1, 0.15) is 0 Å². The van der Waals surface area contributed by atoms with E-state index in [4.69, 9.17) is 0 Å². The first-order valence-electron chi connectivity index (χ1n) is 6.61. The molecule has 0 atom stereocenters. The summed E-state index contributed by atoms with van der Waals surface area (Å²) >= 11 is 0. The quantitative estimate of drug-likeness (QED) is 0.938. The SMILES string of the molecule is CC(C)(NC(=O)c1ccc(C(F)(F)F)cc1)c1ccccn1. The van der Waals surface area contributed by atoms with Gasteiger partial charge in [-0.05, 0) is 50.2 Å². The van der Waals surface area contributed by atoms with Gasteiger partial charge < -0.3 is 5.32 Å². The molecule has 0 aliphatic heterocycles. The molecule has 0 spiro atoms. The van der Waals surface area contributed by atoms with Crippen LogP contribution in [0.15, 0.2) is 48.7 Å². The molecule has 1 heterocycles. The highest BCUT2D eigenvalue weighted by atomic mass is 19.4. The Bertz CT molecular complexity index is 649. The maximum atomic E-state index is 12.5. The lowest BCUT2D eigenvalue weighted by Gasteiger charge is -2.25. The largest absolute Gasteiger partial charge is 0.416 e. The first-order chi connectivity index (χ1) is 10.2. The molecule has 2 rings (SSSR count). The Kier molecular flexibility index (Phi) is 4.21. The Labute approximate surface area is 126 Å². The van der Waals surface area contributed by atoms with Crippen LogP contribution in [0.2, 0.25) is 0 Å². The number of nitrogens with one attached hydrogen (secondary N) is 1. The fourth-order valence-electron chi connectivity index (χ4n) is 1.96. The zero-order valence-electron chi connectivity index (χ0n) is 12.1. The first kappa shape index (κ1) is 16.0. The van der Waals surface area contributed by atoms with Crippen molar-refractivity contribution in [2.75, 3.05) is 0 Å². The van der Waals surface area contributed by atoms with Crippen LogP contribution in [0, 0.1) is 0 Å². The van der Waals surface area contributed by atoms with Crippen LogP contribution in [0.1, 0.15) is 35.5 Å². The number of benzene rings is 1. The van der Waals surface area contributed by atoms with Crippen LogP contribution in [0.25, 0.3) is 0 Å². The van der Waals surface area contributed by atoms with E-state index in [0.29, 0.717) is 5.69 Å². The highest BCUT2D eigenvalue weighted by molar-refractivity contribution is 5.94. The molecule has 0 radical (unpaired) electrons. The summed E-state index contributed by atoms with van der Waals surface area (Å²) in [5, 5.41) is 2.76. The summed E-state index contributed by atoms with van der Waals surface area (Å²) in [6.07, 6.45) is -2.80. The molecule has 1 amide bonds. The Morgan fingerprint density at radius 1 is 1.05 bits per heavy atom. The maximum absolute atomic E-state index is 12.5. The molecule has 0 saturated carbocycles. The van der Waals surface area contributed by atoms with E-state index in [2.05, 4.69) is 10.3 Å². The second-order valence-corrected chi connectivity index (χ2v) is 5.37. The van der Waals surface area contributed by atoms with Crippen LogP contribution in [0.3, 0.4) is 0 Å². The van der Waals surface area contributed by atoms with Crippen LogP contribution in [0.4, 0.5) is 13.2 Å². The van der Waals surface area contributed by atoms with Crippen LogP contribution in [-0.2, 0) is 11.7 Å². The zero-order valence-corrected chi connectivity index (χ0v) is 12.1. The summed E-state index contributed by atoms with van der Waals surface area (Å²) in [5.41, 5.74) is -0.693. The lowest BCUT2D eigenvalue weighted by molar-refractivity contribution is -0.137. The molecule has 0 bridgehead atoms. The number of hydrogen-bond donors (Lipinski definition) is 1. The molecule has 1 N–H and O–H groups in total. The summed E-state index contributed by atoms with van der Waals surface area (Å²) < 4.78 is 37.5. The van der Waals surface area contributed by atoms with Crippen molar-refractivity contribution in [3.63, 3.8) is 0 Å². The van der Waals surface area contributed by atoms with E-state index in [9.17, 15) is 18.0 Å². The van der Waals surface area contributed by atoms with E-state index in [1.807, 2.05) is 0 Å². The molecule has 2 aromatic rings. The third kappa shape index (κ3) is 3.63. The third-order valence-corrected chi connectivity index (χ3v) is 3.21. The van der Waals surface area contributed by atoms with Crippen molar-refractivity contribution in [1.82, 2.24) is 10.3 Å². The normalized spacial score (nSPS) is 12.0. The molecule has 3 nitrogen and oxygen atoms in total. The summed E-state index contributed by atoms with van der Waals surface area (Å²) in [6.45, 7) is 3.55. The van der Waals surface area contributed by atoms with Gasteiger partial charge in [0.2, 0.25) is 0 Å². The minimum absolute atomic E-state index is 0.164. The van der Waals surface area contributed by atoms with Crippen molar-refractivity contribution >= 4 is 5.91 Å². The Morgan fingerprint density at radius 3 is 2.18 bits per heavy atom. The molecule has 6 heteroatoms. The molecule has 1 aromatic heterocycles. The number of rotatable bonds is 3. The van der Waals surface area contributed by atoms with Gasteiger partial charge in [-0.25, -0.2) is 0 Å². The van der Waals surface area contributed by atoms with Gasteiger partial charge in [-0.1, -0.05) is 6.07 Å². The molecule has 1 aromatic carbocycles. The number of pyridine rings is 1. The second kappa shape index (κ2) is 5.79. The maximum Gasteiger partial charge on any atom is 0.416 e. The van der Waals surface area contributed by atoms with E-state index in [-0.39, 0.29) is 5.56 Å². The fraction of sp³-hybridized carbons (Fsp3) is 0.250. The number of amides is 1. The third-order valence-electron chi connectivity index (χ3n) is 3.21. The molecular weight excluding hydrogens is 293 g/mol. The van der Waals surface area contributed by atoms with E-state index in [1.165, 1.54) is 0 Å². The summed E-state index contributed by atoms with van der Waals surface area (Å²) in [6, 6.07) is 9.43. The zero-order chi connectivity index (χ0) is 16.4. The lowest BCUT2D eigenvalue weighted by atomic mass is 9.99. The Hall–Kier alpha value is -2.37. The Balaban J connectivity index is 2.15. The number of carbonyl (C=O) groups excluding carboxylic acids is 1. The van der Waals surface area contributed by atoms with Crippen molar-refractivity contribution in [3.8, 4) is 0 Å². The van der Waals surface area contributed by atoms with Gasteiger partial charge in [0.25, 0.3) is 5.91 Å². The average Bonchev–Trinajstić information content (AvgIpc) is 2.47. The lowest BCUT2D eigenvalue weighted by Crippen LogP contribution is -2.41. The van der Waals surface area contributed by atoms with Crippen molar-refractivity contribution in [3.05, 3.63) is 65.5 Å². The molecule has 0 saturated heterocycles. The van der Waals surface area contributed by atoms with Crippen LogP contribution >= 0.6 is 0 Å². The number of aromatic nitrogens is 1. The molecule has 116 valence electrons. The van der Waals surface area contributed by atoms with Crippen molar-refractivity contribution in [1.29, 1.82) is 0 Å². The predicted octanol–water partition coefficient (Wildman–Crippen LogP) is 3.77. The molecule has 0 unspecified atom stereocenters. The van der Waals surface area contributed by atoms with Crippen molar-refractivity contribution in [2.45, 2.75) is 25.6 Å². The van der Waals surface area contributed by atoms with Gasteiger partial charge >= 0.3 is 6.18 Å². The summed E-state index contributed by atoms with van der Waals surface area (Å²) in [5.74, 6) is -0.454. The topological polar surface area (TPSA) is 42.0 Å². The van der Waals surface area contributed by atoms with E-state index < -0.39 is 23.2 Å². The molecule has 0 aliphatic rings. The van der Waals surface area contributed by atoms with Crippen molar-refractivity contribution < 1.29 is 18.0 Å². The minimum Gasteiger partial charge on any atom is -0.342 e. The minimum atomic E-state index is -4.41. The van der Waals surface area contributed by atoms with E-state index in [1.54, 1.807) is 38.2 Å². The van der Waals surface area contributed by atoms with Gasteiger partial charge in [-0.2, -0.15) is 13.2 Å². The van der Waals surface area contributed by atoms with Gasteiger partial charge in [0, 0.05) is 11.8 Å². The van der Waals surface area contributed by atoms with Gasteiger partial charge in [0.05, 0.1) is 16.8 Å². The van der Waals surface area contributed by atoms with Crippen molar-refractivity contribution in [2.24, 2.45) is 0 Å². The number of alkyl halides is 3. The van der Waals surface area contributed by atoms with Gasteiger partial charge in [0.15, 0.2) is 0 Å². The standard InChI is InChI=1S/C16H15F3N2O/c1-15(2,13-5-3-4-10-20-13)21-14(22)11-6-8-12(9-7-11)16(17,18)19/h3-10H,1-2H3,(H,21,22). The smallest absolute Gasteiger partial charge is 0.342 e. The van der Waals surface area contributed by atoms with Crippen LogP contribution < -0.4 is 5.32 Å². The number of carbonyl (C=O) groups is 1. The van der Waals surface area contributed by atoms with E-state index in [0.717, 1.165) is 24.3 Å². The molecular formula is C16H15F3N2O. The first-order valence-corrected chi connectivity index (χ1v) is 6.61. The highest BCUT2D eigenvalue weighted by Crippen LogP contribution is 2.29. The number of hydrogen-bond acceptors (Lipinski definition) is 2. The highest BCUT2D eigenvalue weighted by Gasteiger charge is 2.30. The summed E-state index contributed by atoms with van der Waals surface area (Å²) in [4.78, 5) is 16.4. The fourth-order valence-corrected chi connectivity index (χ4v) is 1.96. The van der Waals surface area contributed by atoms with Gasteiger partial charge in [-0.3, -0.25) is 9.78 Å². The number of halogens is 3. The van der Waals surface area contributed by atoms with Crippen LogP contribution in [-0.4, -0.2) is 10.9 Å².